The van der Waals surface area contributed by atoms with Crippen LogP contribution in [0.15, 0.2) is 48.5 Å². The van der Waals surface area contributed by atoms with E-state index in [-0.39, 0.29) is 5.78 Å². The van der Waals surface area contributed by atoms with Crippen LogP contribution in [0.2, 0.25) is 0 Å². The van der Waals surface area contributed by atoms with E-state index in [1.54, 1.807) is 18.9 Å². The molecule has 7 nitrogen and oxygen atoms in total. The van der Waals surface area contributed by atoms with Gasteiger partial charge in [-0.15, -0.1) is 5.10 Å². The molecule has 0 bridgehead atoms. The van der Waals surface area contributed by atoms with E-state index in [1.807, 2.05) is 48.5 Å². The molecule has 1 heterocycles. The van der Waals surface area contributed by atoms with Gasteiger partial charge in [0.05, 0.1) is 19.9 Å². The molecule has 27 heavy (non-hydrogen) atoms. The van der Waals surface area contributed by atoms with Crippen molar-refractivity contribution in [2.24, 2.45) is 0 Å². The van der Waals surface area contributed by atoms with Crippen molar-refractivity contribution in [3.05, 3.63) is 59.8 Å². The average Bonchev–Trinajstić information content (AvgIpc) is 3.12. The summed E-state index contributed by atoms with van der Waals surface area (Å²) in [6, 6.07) is 15.3. The fraction of sp³-hybridized carbons (Fsp3) is 0.250. The van der Waals surface area contributed by atoms with Gasteiger partial charge in [-0.2, -0.15) is 4.68 Å². The highest BCUT2D eigenvalue weighted by Crippen LogP contribution is 2.21. The number of Topliss-reactive ketones (excluding diaryl/α,β-unsaturated/α-hetero) is 1. The normalized spacial score (nSPS) is 10.5. The molecule has 0 aliphatic rings. The molecule has 0 saturated heterocycles. The Morgan fingerprint density at radius 2 is 1.81 bits per heavy atom. The van der Waals surface area contributed by atoms with Crippen LogP contribution < -0.4 is 14.8 Å². The molecule has 3 aromatic rings. The van der Waals surface area contributed by atoms with Crippen LogP contribution in [0, 0.1) is 0 Å². The van der Waals surface area contributed by atoms with Crippen molar-refractivity contribution in [3.8, 4) is 17.2 Å². The summed E-state index contributed by atoms with van der Waals surface area (Å²) in [4.78, 5) is 11.9. The number of nitrogens with zero attached hydrogens (tertiary/aromatic N) is 3. The van der Waals surface area contributed by atoms with Gasteiger partial charge in [0, 0.05) is 13.5 Å². The SMILES string of the molecule is COc1ccc(-n2nnc(C(C)=O)c2NCCc2cccc(OC)c2)cc1. The van der Waals surface area contributed by atoms with Gasteiger partial charge < -0.3 is 14.8 Å². The predicted octanol–water partition coefficient (Wildman–Crippen LogP) is 3.14. The summed E-state index contributed by atoms with van der Waals surface area (Å²) in [6.45, 7) is 2.10. The van der Waals surface area contributed by atoms with Crippen LogP contribution in [0.25, 0.3) is 5.69 Å². The number of rotatable bonds is 8. The molecule has 1 N–H and O–H groups in total. The third-order valence-corrected chi connectivity index (χ3v) is 4.16. The Balaban J connectivity index is 1.80. The molecule has 2 aromatic carbocycles. The first kappa shape index (κ1) is 18.4. The number of methoxy groups -OCH3 is 2. The van der Waals surface area contributed by atoms with Crippen LogP contribution in [0.4, 0.5) is 5.82 Å². The second kappa shape index (κ2) is 8.35. The molecule has 0 unspecified atom stereocenters. The quantitative estimate of drug-likeness (QED) is 0.617. The maximum Gasteiger partial charge on any atom is 0.183 e. The molecule has 7 heteroatoms. The highest BCUT2D eigenvalue weighted by molar-refractivity contribution is 5.96. The zero-order valence-electron chi connectivity index (χ0n) is 15.6. The lowest BCUT2D eigenvalue weighted by Crippen LogP contribution is -2.12. The van der Waals surface area contributed by atoms with Crippen LogP contribution in [0.1, 0.15) is 23.0 Å². The molecule has 0 saturated carbocycles. The van der Waals surface area contributed by atoms with Crippen molar-refractivity contribution in [3.63, 3.8) is 0 Å². The Labute approximate surface area is 157 Å². The Hall–Kier alpha value is -3.35. The average molecular weight is 366 g/mol. The molecular formula is C20H22N4O3. The highest BCUT2D eigenvalue weighted by atomic mass is 16.5. The molecule has 140 valence electrons. The molecule has 0 aliphatic heterocycles. The lowest BCUT2D eigenvalue weighted by Gasteiger charge is -2.11. The van der Waals surface area contributed by atoms with Gasteiger partial charge in [-0.3, -0.25) is 4.79 Å². The number of carbonyl (C=O) groups excluding carboxylic acids is 1. The highest BCUT2D eigenvalue weighted by Gasteiger charge is 2.17. The van der Waals surface area contributed by atoms with E-state index in [0.29, 0.717) is 18.1 Å². The third-order valence-electron chi connectivity index (χ3n) is 4.16. The molecule has 3 rings (SSSR count). The number of nitrogens with one attached hydrogen (secondary N) is 1. The van der Waals surface area contributed by atoms with Gasteiger partial charge in [-0.05, 0) is 48.4 Å². The minimum Gasteiger partial charge on any atom is -0.497 e. The largest absolute Gasteiger partial charge is 0.497 e. The lowest BCUT2D eigenvalue weighted by atomic mass is 10.1. The molecule has 1 aromatic heterocycles. The van der Waals surface area contributed by atoms with Gasteiger partial charge in [0.2, 0.25) is 0 Å². The predicted molar refractivity (Wildman–Crippen MR) is 103 cm³/mol. The number of ether oxygens (including phenoxy) is 2. The van der Waals surface area contributed by atoms with Crippen LogP contribution >= 0.6 is 0 Å². The standard InChI is InChI=1S/C20H22N4O3/c1-14(25)19-20(21-12-11-15-5-4-6-18(13-15)27-3)24(23-22-19)16-7-9-17(26-2)10-8-16/h4-10,13,21H,11-12H2,1-3H3. The van der Waals surface area contributed by atoms with E-state index in [4.69, 9.17) is 9.47 Å². The number of hydrogen-bond acceptors (Lipinski definition) is 6. The first-order chi connectivity index (χ1) is 13.1. The summed E-state index contributed by atoms with van der Waals surface area (Å²) < 4.78 is 12.1. The van der Waals surface area contributed by atoms with Crippen LogP contribution in [0.5, 0.6) is 11.5 Å². The summed E-state index contributed by atoms with van der Waals surface area (Å²) >= 11 is 0. The first-order valence-electron chi connectivity index (χ1n) is 8.60. The molecule has 0 amide bonds. The summed E-state index contributed by atoms with van der Waals surface area (Å²) in [7, 11) is 3.26. The van der Waals surface area contributed by atoms with Crippen LogP contribution in [-0.2, 0) is 6.42 Å². The van der Waals surface area contributed by atoms with E-state index in [9.17, 15) is 4.79 Å². The van der Waals surface area contributed by atoms with Gasteiger partial charge in [0.15, 0.2) is 17.3 Å². The summed E-state index contributed by atoms with van der Waals surface area (Å²) in [5.41, 5.74) is 2.24. The van der Waals surface area contributed by atoms with Crippen LogP contribution in [-0.4, -0.2) is 41.5 Å². The van der Waals surface area contributed by atoms with Gasteiger partial charge in [-0.25, -0.2) is 0 Å². The monoisotopic (exact) mass is 366 g/mol. The Bertz CT molecular complexity index is 919. The minimum absolute atomic E-state index is 0.140. The Kier molecular flexibility index (Phi) is 5.71. The lowest BCUT2D eigenvalue weighted by molar-refractivity contribution is 0.101. The molecule has 0 atom stereocenters. The van der Waals surface area contributed by atoms with Crippen molar-refractivity contribution in [1.82, 2.24) is 15.0 Å². The molecule has 0 spiro atoms. The fourth-order valence-corrected chi connectivity index (χ4v) is 2.73. The van der Waals surface area contributed by atoms with E-state index in [0.717, 1.165) is 29.2 Å². The smallest absolute Gasteiger partial charge is 0.183 e. The van der Waals surface area contributed by atoms with Crippen molar-refractivity contribution in [1.29, 1.82) is 0 Å². The number of aromatic nitrogens is 3. The molecular weight excluding hydrogens is 344 g/mol. The summed E-state index contributed by atoms with van der Waals surface area (Å²) in [5.74, 6) is 2.01. The number of ketones is 1. The van der Waals surface area contributed by atoms with E-state index >= 15 is 0 Å². The molecule has 0 aliphatic carbocycles. The Morgan fingerprint density at radius 3 is 2.48 bits per heavy atom. The summed E-state index contributed by atoms with van der Waals surface area (Å²) in [6.07, 6.45) is 0.766. The van der Waals surface area contributed by atoms with Gasteiger partial charge in [0.1, 0.15) is 11.5 Å². The van der Waals surface area contributed by atoms with Gasteiger partial charge in [-0.1, -0.05) is 17.3 Å². The second-order valence-corrected chi connectivity index (χ2v) is 5.98. The van der Waals surface area contributed by atoms with Crippen molar-refractivity contribution in [2.45, 2.75) is 13.3 Å². The zero-order valence-corrected chi connectivity index (χ0v) is 15.6. The minimum atomic E-state index is -0.140. The second-order valence-electron chi connectivity index (χ2n) is 5.98. The number of carbonyl (C=O) groups is 1. The van der Waals surface area contributed by atoms with Crippen molar-refractivity contribution in [2.75, 3.05) is 26.1 Å². The molecule has 0 radical (unpaired) electrons. The number of benzene rings is 2. The van der Waals surface area contributed by atoms with Crippen molar-refractivity contribution >= 4 is 11.6 Å². The maximum atomic E-state index is 11.9. The Morgan fingerprint density at radius 1 is 1.07 bits per heavy atom. The van der Waals surface area contributed by atoms with Crippen molar-refractivity contribution < 1.29 is 14.3 Å². The van der Waals surface area contributed by atoms with Gasteiger partial charge >= 0.3 is 0 Å². The molecule has 0 fully saturated rings. The van der Waals surface area contributed by atoms with E-state index < -0.39 is 0 Å². The number of hydrogen-bond donors (Lipinski definition) is 1. The maximum absolute atomic E-state index is 11.9. The van der Waals surface area contributed by atoms with Crippen LogP contribution in [0.3, 0.4) is 0 Å². The third kappa shape index (κ3) is 4.25. The first-order valence-corrected chi connectivity index (χ1v) is 8.60. The summed E-state index contributed by atoms with van der Waals surface area (Å²) in [5, 5.41) is 11.5. The fourth-order valence-electron chi connectivity index (χ4n) is 2.73. The zero-order chi connectivity index (χ0) is 19.2. The van der Waals surface area contributed by atoms with Gasteiger partial charge in [0.25, 0.3) is 0 Å². The van der Waals surface area contributed by atoms with E-state index in [1.165, 1.54) is 6.92 Å². The van der Waals surface area contributed by atoms with E-state index in [2.05, 4.69) is 15.6 Å². The number of anilines is 1. The topological polar surface area (TPSA) is 78.3 Å².